The van der Waals surface area contributed by atoms with Crippen LogP contribution in [-0.4, -0.2) is 16.5 Å². The van der Waals surface area contributed by atoms with Crippen LogP contribution in [0, 0.1) is 3.57 Å². The molecule has 19 heavy (non-hydrogen) atoms. The van der Waals surface area contributed by atoms with Crippen LogP contribution in [-0.2, 0) is 0 Å². The average Bonchev–Trinajstić information content (AvgIpc) is 3.14. The largest absolute Gasteiger partial charge is 0.369 e. The molecule has 0 spiro atoms. The molecule has 0 atom stereocenters. The lowest BCUT2D eigenvalue weighted by Gasteiger charge is -2.11. The molecule has 0 amide bonds. The van der Waals surface area contributed by atoms with Gasteiger partial charge in [-0.2, -0.15) is 0 Å². The minimum Gasteiger partial charge on any atom is -0.369 e. The van der Waals surface area contributed by atoms with Gasteiger partial charge in [-0.3, -0.25) is 0 Å². The van der Waals surface area contributed by atoms with Crippen molar-refractivity contribution in [2.75, 3.05) is 11.9 Å². The topological polar surface area (TPSA) is 37.8 Å². The first-order valence-corrected chi connectivity index (χ1v) is 8.95. The quantitative estimate of drug-likeness (QED) is 0.676. The number of anilines is 1. The lowest BCUT2D eigenvalue weighted by atomic mass is 10.2. The molecule has 1 aliphatic carbocycles. The monoisotopic (exact) mass is 449 g/mol. The minimum absolute atomic E-state index is 0.634. The third-order valence-electron chi connectivity index (χ3n) is 2.98. The maximum atomic E-state index is 4.79. The SMILES string of the molecule is CCNc1nc(-c2ccc(Br)s2)nc(C2CC2)c1I. The Morgan fingerprint density at radius 2 is 2.21 bits per heavy atom. The molecule has 1 saturated carbocycles. The number of rotatable bonds is 4. The highest BCUT2D eigenvalue weighted by Crippen LogP contribution is 2.43. The molecule has 3 rings (SSSR count). The fraction of sp³-hybridized carbons (Fsp3) is 0.385. The number of halogens is 2. The summed E-state index contributed by atoms with van der Waals surface area (Å²) in [5, 5.41) is 3.35. The van der Waals surface area contributed by atoms with Gasteiger partial charge < -0.3 is 5.32 Å². The molecule has 0 unspecified atom stereocenters. The zero-order valence-electron chi connectivity index (χ0n) is 10.4. The van der Waals surface area contributed by atoms with E-state index in [0.717, 1.165) is 26.9 Å². The molecule has 1 aliphatic rings. The molecule has 1 N–H and O–H groups in total. The van der Waals surface area contributed by atoms with Crippen molar-refractivity contribution < 1.29 is 0 Å². The van der Waals surface area contributed by atoms with Gasteiger partial charge in [-0.1, -0.05) is 0 Å². The van der Waals surface area contributed by atoms with E-state index in [1.54, 1.807) is 11.3 Å². The summed E-state index contributed by atoms with van der Waals surface area (Å²) in [6, 6.07) is 4.12. The maximum Gasteiger partial charge on any atom is 0.171 e. The Morgan fingerprint density at radius 3 is 2.79 bits per heavy atom. The van der Waals surface area contributed by atoms with E-state index in [4.69, 9.17) is 4.98 Å². The fourth-order valence-corrected chi connectivity index (χ4v) is 4.11. The second-order valence-corrected chi connectivity index (χ2v) is 8.05. The van der Waals surface area contributed by atoms with Gasteiger partial charge in [-0.15, -0.1) is 11.3 Å². The lowest BCUT2D eigenvalue weighted by Crippen LogP contribution is -2.07. The summed E-state index contributed by atoms with van der Waals surface area (Å²) in [6.45, 7) is 2.97. The molecule has 0 aliphatic heterocycles. The average molecular weight is 450 g/mol. The van der Waals surface area contributed by atoms with Crippen LogP contribution in [0.5, 0.6) is 0 Å². The van der Waals surface area contributed by atoms with Gasteiger partial charge in [0.1, 0.15) is 5.82 Å². The van der Waals surface area contributed by atoms with Crippen LogP contribution in [0.15, 0.2) is 15.9 Å². The molecule has 100 valence electrons. The van der Waals surface area contributed by atoms with Gasteiger partial charge >= 0.3 is 0 Å². The highest BCUT2D eigenvalue weighted by atomic mass is 127. The highest BCUT2D eigenvalue weighted by molar-refractivity contribution is 14.1. The van der Waals surface area contributed by atoms with Gasteiger partial charge in [0.15, 0.2) is 5.82 Å². The van der Waals surface area contributed by atoms with Crippen LogP contribution < -0.4 is 5.32 Å². The van der Waals surface area contributed by atoms with Crippen LogP contribution >= 0.6 is 49.9 Å². The van der Waals surface area contributed by atoms with Gasteiger partial charge in [-0.05, 0) is 70.4 Å². The standard InChI is InChI=1S/C13H13BrIN3S/c1-2-16-13-10(15)11(7-3-4-7)17-12(18-13)8-5-6-9(14)19-8/h5-7H,2-4H2,1H3,(H,16,17,18). The van der Waals surface area contributed by atoms with E-state index in [0.29, 0.717) is 5.92 Å². The molecule has 0 bridgehead atoms. The molecule has 3 nitrogen and oxygen atoms in total. The molecule has 1 fully saturated rings. The van der Waals surface area contributed by atoms with Gasteiger partial charge in [-0.25, -0.2) is 9.97 Å². The maximum absolute atomic E-state index is 4.79. The number of hydrogen-bond acceptors (Lipinski definition) is 4. The van der Waals surface area contributed by atoms with E-state index in [2.05, 4.69) is 61.8 Å². The van der Waals surface area contributed by atoms with Crippen molar-refractivity contribution in [3.05, 3.63) is 25.2 Å². The third-order valence-corrected chi connectivity index (χ3v) is 5.66. The molecule has 2 aromatic rings. The summed E-state index contributed by atoms with van der Waals surface area (Å²) < 4.78 is 2.30. The molecule has 0 aromatic carbocycles. The number of thiophene rings is 1. The molecule has 2 aromatic heterocycles. The number of aromatic nitrogens is 2. The second kappa shape index (κ2) is 5.65. The predicted molar refractivity (Wildman–Crippen MR) is 91.9 cm³/mol. The Balaban J connectivity index is 2.08. The van der Waals surface area contributed by atoms with Crippen molar-refractivity contribution in [3.63, 3.8) is 0 Å². The van der Waals surface area contributed by atoms with Crippen molar-refractivity contribution >= 4 is 55.7 Å². The first kappa shape index (κ1) is 13.8. The molecule has 2 heterocycles. The van der Waals surface area contributed by atoms with Gasteiger partial charge in [0, 0.05) is 12.5 Å². The van der Waals surface area contributed by atoms with Crippen molar-refractivity contribution in [2.24, 2.45) is 0 Å². The molecule has 0 radical (unpaired) electrons. The first-order chi connectivity index (χ1) is 9.19. The predicted octanol–water partition coefficient (Wildman–Crippen LogP) is 4.88. The zero-order chi connectivity index (χ0) is 13.4. The van der Waals surface area contributed by atoms with Crippen molar-refractivity contribution in [1.82, 2.24) is 9.97 Å². The van der Waals surface area contributed by atoms with E-state index < -0.39 is 0 Å². The summed E-state index contributed by atoms with van der Waals surface area (Å²) in [7, 11) is 0. The van der Waals surface area contributed by atoms with E-state index in [1.165, 1.54) is 22.1 Å². The van der Waals surface area contributed by atoms with Crippen molar-refractivity contribution in [2.45, 2.75) is 25.7 Å². The summed E-state index contributed by atoms with van der Waals surface area (Å²) in [5.74, 6) is 2.45. The van der Waals surface area contributed by atoms with Crippen LogP contribution in [0.1, 0.15) is 31.4 Å². The smallest absolute Gasteiger partial charge is 0.171 e. The second-order valence-electron chi connectivity index (χ2n) is 4.50. The summed E-state index contributed by atoms with van der Waals surface area (Å²) >= 11 is 7.54. The van der Waals surface area contributed by atoms with Crippen molar-refractivity contribution in [1.29, 1.82) is 0 Å². The molecular formula is C13H13BrIN3S. The van der Waals surface area contributed by atoms with Gasteiger partial charge in [0.2, 0.25) is 0 Å². The zero-order valence-corrected chi connectivity index (χ0v) is 15.0. The highest BCUT2D eigenvalue weighted by Gasteiger charge is 2.29. The van der Waals surface area contributed by atoms with E-state index in [9.17, 15) is 0 Å². The summed E-state index contributed by atoms with van der Waals surface area (Å²) in [5.41, 5.74) is 1.21. The fourth-order valence-electron chi connectivity index (χ4n) is 1.92. The van der Waals surface area contributed by atoms with E-state index in [-0.39, 0.29) is 0 Å². The normalized spacial score (nSPS) is 14.7. The van der Waals surface area contributed by atoms with E-state index >= 15 is 0 Å². The number of hydrogen-bond donors (Lipinski definition) is 1. The molecular weight excluding hydrogens is 437 g/mol. The van der Waals surface area contributed by atoms with Crippen LogP contribution in [0.3, 0.4) is 0 Å². The first-order valence-electron chi connectivity index (χ1n) is 6.26. The van der Waals surface area contributed by atoms with E-state index in [1.807, 2.05) is 6.07 Å². The Hall–Kier alpha value is -0.210. The Labute approximate surface area is 138 Å². The van der Waals surface area contributed by atoms with Crippen LogP contribution in [0.2, 0.25) is 0 Å². The lowest BCUT2D eigenvalue weighted by molar-refractivity contribution is 0.974. The minimum atomic E-state index is 0.634. The Bertz CT molecular complexity index is 610. The Morgan fingerprint density at radius 1 is 1.42 bits per heavy atom. The number of nitrogens with one attached hydrogen (secondary N) is 1. The number of nitrogens with zero attached hydrogens (tertiary/aromatic N) is 2. The Kier molecular flexibility index (Phi) is 4.09. The van der Waals surface area contributed by atoms with Crippen molar-refractivity contribution in [3.8, 4) is 10.7 Å². The summed E-state index contributed by atoms with van der Waals surface area (Å²) in [4.78, 5) is 10.6. The third kappa shape index (κ3) is 2.95. The molecule has 0 saturated heterocycles. The van der Waals surface area contributed by atoms with Crippen LogP contribution in [0.25, 0.3) is 10.7 Å². The molecule has 6 heteroatoms. The van der Waals surface area contributed by atoms with Gasteiger partial charge in [0.05, 0.1) is 17.9 Å². The summed E-state index contributed by atoms with van der Waals surface area (Å²) in [6.07, 6.45) is 2.51. The van der Waals surface area contributed by atoms with Crippen LogP contribution in [0.4, 0.5) is 5.82 Å². The van der Waals surface area contributed by atoms with Gasteiger partial charge in [0.25, 0.3) is 0 Å².